The van der Waals surface area contributed by atoms with E-state index in [0.717, 1.165) is 12.2 Å². The van der Waals surface area contributed by atoms with Gasteiger partial charge in [0.2, 0.25) is 0 Å². The number of carbonyl (C=O) groups excluding carboxylic acids is 1. The van der Waals surface area contributed by atoms with Gasteiger partial charge >= 0.3 is 6.09 Å². The zero-order valence-electron chi connectivity index (χ0n) is 12.1. The number of amides is 1. The molecule has 3 N–H and O–H groups in total. The molecule has 108 valence electrons. The summed E-state index contributed by atoms with van der Waals surface area (Å²) in [6, 6.07) is 0.192. The minimum atomic E-state index is -0.465. The predicted molar refractivity (Wildman–Crippen MR) is 73.7 cm³/mol. The highest BCUT2D eigenvalue weighted by Gasteiger charge is 2.16. The number of carbonyl (C=O) groups is 1. The van der Waals surface area contributed by atoms with Gasteiger partial charge in [0.1, 0.15) is 11.4 Å². The van der Waals surface area contributed by atoms with E-state index in [4.69, 9.17) is 4.74 Å². The van der Waals surface area contributed by atoms with Crippen LogP contribution in [0, 0.1) is 0 Å². The van der Waals surface area contributed by atoms with E-state index in [1.165, 1.54) is 0 Å². The molecular weight excluding hydrogens is 244 g/mol. The average Bonchev–Trinajstić information content (AvgIpc) is 2.80. The number of aromatic nitrogens is 2. The van der Waals surface area contributed by atoms with Gasteiger partial charge in [0.25, 0.3) is 0 Å². The van der Waals surface area contributed by atoms with Crippen molar-refractivity contribution in [3.63, 3.8) is 0 Å². The molecule has 0 aliphatic carbocycles. The molecule has 1 aromatic heterocycles. The lowest BCUT2D eigenvalue weighted by Gasteiger charge is -2.22. The molecule has 0 aromatic carbocycles. The van der Waals surface area contributed by atoms with Crippen LogP contribution in [0.4, 0.5) is 4.79 Å². The fraction of sp³-hybridized carbons (Fsp3) is 0.692. The standard InChI is InChI=1S/C13H24N4O2/c1-5-10(16-9-11-14-6-7-15-11)8-17-12(18)19-13(2,3)4/h6-7,10,16H,5,8-9H2,1-4H3,(H,14,15)(H,17,18). The highest BCUT2D eigenvalue weighted by molar-refractivity contribution is 5.67. The lowest BCUT2D eigenvalue weighted by Crippen LogP contribution is -2.42. The Morgan fingerprint density at radius 3 is 2.79 bits per heavy atom. The molecule has 0 radical (unpaired) electrons. The van der Waals surface area contributed by atoms with Crippen LogP contribution in [-0.2, 0) is 11.3 Å². The van der Waals surface area contributed by atoms with Crippen molar-refractivity contribution < 1.29 is 9.53 Å². The molecule has 0 spiro atoms. The van der Waals surface area contributed by atoms with Gasteiger partial charge in [0.15, 0.2) is 0 Å². The number of nitrogens with zero attached hydrogens (tertiary/aromatic N) is 1. The van der Waals surface area contributed by atoms with E-state index in [1.807, 2.05) is 20.8 Å². The van der Waals surface area contributed by atoms with Crippen LogP contribution in [0.2, 0.25) is 0 Å². The third kappa shape index (κ3) is 6.81. The van der Waals surface area contributed by atoms with Gasteiger partial charge in [-0.05, 0) is 27.2 Å². The summed E-state index contributed by atoms with van der Waals surface area (Å²) in [7, 11) is 0. The van der Waals surface area contributed by atoms with Gasteiger partial charge in [-0.15, -0.1) is 0 Å². The topological polar surface area (TPSA) is 79.0 Å². The molecule has 0 aliphatic heterocycles. The normalized spacial score (nSPS) is 13.1. The van der Waals surface area contributed by atoms with E-state index in [1.54, 1.807) is 12.4 Å². The first-order valence-electron chi connectivity index (χ1n) is 6.59. The predicted octanol–water partition coefficient (Wildman–Crippen LogP) is 1.80. The molecule has 0 fully saturated rings. The first-order chi connectivity index (χ1) is 8.90. The molecule has 1 amide bonds. The first kappa shape index (κ1) is 15.5. The fourth-order valence-electron chi connectivity index (χ4n) is 1.52. The number of nitrogens with one attached hydrogen (secondary N) is 3. The number of hydrogen-bond donors (Lipinski definition) is 3. The van der Waals surface area contributed by atoms with Crippen LogP contribution >= 0.6 is 0 Å². The van der Waals surface area contributed by atoms with Gasteiger partial charge in [-0.3, -0.25) is 0 Å². The van der Waals surface area contributed by atoms with Gasteiger partial charge < -0.3 is 20.4 Å². The van der Waals surface area contributed by atoms with Gasteiger partial charge in [-0.2, -0.15) is 0 Å². The largest absolute Gasteiger partial charge is 0.444 e. The van der Waals surface area contributed by atoms with Crippen molar-refractivity contribution in [3.05, 3.63) is 18.2 Å². The van der Waals surface area contributed by atoms with E-state index in [2.05, 4.69) is 27.5 Å². The lowest BCUT2D eigenvalue weighted by molar-refractivity contribution is 0.0522. The smallest absolute Gasteiger partial charge is 0.407 e. The number of ether oxygens (including phenoxy) is 1. The van der Waals surface area contributed by atoms with E-state index in [9.17, 15) is 4.79 Å². The summed E-state index contributed by atoms with van der Waals surface area (Å²) in [5.74, 6) is 0.885. The number of aromatic amines is 1. The molecule has 0 bridgehead atoms. The second-order valence-electron chi connectivity index (χ2n) is 5.40. The van der Waals surface area contributed by atoms with Crippen molar-refractivity contribution >= 4 is 6.09 Å². The third-order valence-corrected chi connectivity index (χ3v) is 2.50. The SMILES string of the molecule is CCC(CNC(=O)OC(C)(C)C)NCc1ncc[nH]1. The van der Waals surface area contributed by atoms with Crippen molar-refractivity contribution in [1.82, 2.24) is 20.6 Å². The highest BCUT2D eigenvalue weighted by atomic mass is 16.6. The zero-order chi connectivity index (χ0) is 14.3. The Morgan fingerprint density at radius 1 is 1.53 bits per heavy atom. The van der Waals surface area contributed by atoms with Crippen LogP contribution < -0.4 is 10.6 Å². The van der Waals surface area contributed by atoms with Crippen molar-refractivity contribution in [2.24, 2.45) is 0 Å². The van der Waals surface area contributed by atoms with Crippen LogP contribution in [-0.4, -0.2) is 34.2 Å². The van der Waals surface area contributed by atoms with E-state index in [-0.39, 0.29) is 12.1 Å². The Labute approximate surface area is 114 Å². The number of imidazole rings is 1. The monoisotopic (exact) mass is 268 g/mol. The Bertz CT molecular complexity index is 370. The number of rotatable bonds is 6. The van der Waals surface area contributed by atoms with Crippen molar-refractivity contribution in [1.29, 1.82) is 0 Å². The zero-order valence-corrected chi connectivity index (χ0v) is 12.1. The van der Waals surface area contributed by atoms with Gasteiger partial charge in [-0.25, -0.2) is 9.78 Å². The maximum absolute atomic E-state index is 11.5. The molecule has 1 rings (SSSR count). The van der Waals surface area contributed by atoms with Crippen LogP contribution in [0.5, 0.6) is 0 Å². The van der Waals surface area contributed by atoms with E-state index < -0.39 is 5.60 Å². The molecule has 1 atom stereocenters. The first-order valence-corrected chi connectivity index (χ1v) is 6.59. The molecule has 0 saturated heterocycles. The minimum absolute atomic E-state index is 0.192. The molecular formula is C13H24N4O2. The molecule has 0 saturated carbocycles. The molecule has 6 heteroatoms. The summed E-state index contributed by atoms with van der Waals surface area (Å²) in [6.07, 6.45) is 4.04. The quantitative estimate of drug-likeness (QED) is 0.735. The highest BCUT2D eigenvalue weighted by Crippen LogP contribution is 2.06. The summed E-state index contributed by atoms with van der Waals surface area (Å²) in [5.41, 5.74) is -0.465. The molecule has 19 heavy (non-hydrogen) atoms. The molecule has 1 aromatic rings. The maximum atomic E-state index is 11.5. The van der Waals surface area contributed by atoms with Crippen molar-refractivity contribution in [2.75, 3.05) is 6.54 Å². The Balaban J connectivity index is 2.26. The van der Waals surface area contributed by atoms with E-state index >= 15 is 0 Å². The average molecular weight is 268 g/mol. The number of hydrogen-bond acceptors (Lipinski definition) is 4. The molecule has 1 unspecified atom stereocenters. The minimum Gasteiger partial charge on any atom is -0.444 e. The van der Waals surface area contributed by atoms with Crippen molar-refractivity contribution in [2.45, 2.75) is 52.3 Å². The number of alkyl carbamates (subject to hydrolysis) is 1. The lowest BCUT2D eigenvalue weighted by atomic mass is 10.2. The van der Waals surface area contributed by atoms with Gasteiger partial charge in [0.05, 0.1) is 6.54 Å². The second kappa shape index (κ2) is 7.13. The summed E-state index contributed by atoms with van der Waals surface area (Å²) < 4.78 is 5.19. The Kier molecular flexibility index (Phi) is 5.82. The summed E-state index contributed by atoms with van der Waals surface area (Å²) in [4.78, 5) is 18.7. The summed E-state index contributed by atoms with van der Waals surface area (Å²) in [6.45, 7) is 8.79. The molecule has 6 nitrogen and oxygen atoms in total. The Morgan fingerprint density at radius 2 is 2.26 bits per heavy atom. The fourth-order valence-corrected chi connectivity index (χ4v) is 1.52. The van der Waals surface area contributed by atoms with Gasteiger partial charge in [-0.1, -0.05) is 6.92 Å². The third-order valence-electron chi connectivity index (χ3n) is 2.50. The second-order valence-corrected chi connectivity index (χ2v) is 5.40. The maximum Gasteiger partial charge on any atom is 0.407 e. The van der Waals surface area contributed by atoms with Gasteiger partial charge in [0, 0.05) is 25.0 Å². The number of H-pyrrole nitrogens is 1. The summed E-state index contributed by atoms with van der Waals surface area (Å²) in [5, 5.41) is 6.09. The summed E-state index contributed by atoms with van der Waals surface area (Å²) >= 11 is 0. The Hall–Kier alpha value is -1.56. The van der Waals surface area contributed by atoms with Crippen LogP contribution in [0.3, 0.4) is 0 Å². The molecule has 0 aliphatic rings. The van der Waals surface area contributed by atoms with Crippen LogP contribution in [0.1, 0.15) is 39.9 Å². The van der Waals surface area contributed by atoms with Crippen LogP contribution in [0.15, 0.2) is 12.4 Å². The molecule has 1 heterocycles. The van der Waals surface area contributed by atoms with E-state index in [0.29, 0.717) is 13.1 Å². The van der Waals surface area contributed by atoms with Crippen molar-refractivity contribution in [3.8, 4) is 0 Å². The van der Waals surface area contributed by atoms with Crippen LogP contribution in [0.25, 0.3) is 0 Å².